The Balaban J connectivity index is 3.52. The van der Waals surface area contributed by atoms with Gasteiger partial charge < -0.3 is 15.2 Å². The predicted molar refractivity (Wildman–Crippen MR) is 34.6 cm³/mol. The van der Waals surface area contributed by atoms with Gasteiger partial charge in [-0.3, -0.25) is 0 Å². The second-order valence-corrected chi connectivity index (χ2v) is 1.68. The van der Waals surface area contributed by atoms with Crippen molar-refractivity contribution in [2.45, 2.75) is 6.29 Å². The third kappa shape index (κ3) is 2.20. The maximum atomic E-state index is 5.14. The lowest BCUT2D eigenvalue weighted by Gasteiger charge is -2.09. The van der Waals surface area contributed by atoms with Crippen molar-refractivity contribution in [3.05, 3.63) is 0 Å². The Morgan fingerprint density at radius 2 is 1.88 bits per heavy atom. The van der Waals surface area contributed by atoms with Crippen molar-refractivity contribution in [3.63, 3.8) is 0 Å². The van der Waals surface area contributed by atoms with Crippen LogP contribution in [-0.2, 0) is 9.47 Å². The Hall–Kier alpha value is -0.190. The maximum Gasteiger partial charge on any atom is 0.208 e. The fourth-order valence-electron chi connectivity index (χ4n) is 0.329. The topological polar surface area (TPSA) is 44.5 Å². The number of hydrogen-bond donors (Lipinski definition) is 1. The number of nitrogens with two attached hydrogens (primary N) is 1. The van der Waals surface area contributed by atoms with Crippen LogP contribution in [-0.4, -0.2) is 25.5 Å². The molecule has 0 aromatic rings. The van der Waals surface area contributed by atoms with Gasteiger partial charge in [0.25, 0.3) is 0 Å². The monoisotopic (exact) mass is 135 g/mol. The van der Waals surface area contributed by atoms with Gasteiger partial charge in [0, 0.05) is 14.2 Å². The van der Waals surface area contributed by atoms with Gasteiger partial charge in [0.05, 0.1) is 0 Å². The van der Waals surface area contributed by atoms with Crippen LogP contribution in [0.4, 0.5) is 0 Å². The number of hydrogen-bond acceptors (Lipinski definition) is 3. The molecule has 0 aliphatic carbocycles. The van der Waals surface area contributed by atoms with E-state index in [0.29, 0.717) is 0 Å². The summed E-state index contributed by atoms with van der Waals surface area (Å²) in [5.74, 6) is 0. The molecule has 0 aliphatic rings. The van der Waals surface area contributed by atoms with Crippen LogP contribution in [0, 0.1) is 0 Å². The molecule has 0 fully saturated rings. The molecule has 3 nitrogen and oxygen atoms in total. The molecule has 0 amide bonds. The van der Waals surface area contributed by atoms with Crippen LogP contribution in [0.15, 0.2) is 0 Å². The fraction of sp³-hybridized carbons (Fsp3) is 0.750. The third-order valence-corrected chi connectivity index (χ3v) is 0.853. The molecule has 8 heavy (non-hydrogen) atoms. The SMILES string of the molecule is COC(OC)C(N)=S. The summed E-state index contributed by atoms with van der Waals surface area (Å²) in [5, 5.41) is 0. The minimum atomic E-state index is -0.537. The van der Waals surface area contributed by atoms with Crippen molar-refractivity contribution in [1.82, 2.24) is 0 Å². The first kappa shape index (κ1) is 7.81. The van der Waals surface area contributed by atoms with Gasteiger partial charge in [-0.2, -0.15) is 0 Å². The van der Waals surface area contributed by atoms with Gasteiger partial charge in [0.1, 0.15) is 4.99 Å². The number of thiocarbonyl (C=S) groups is 1. The Morgan fingerprint density at radius 1 is 1.50 bits per heavy atom. The Bertz CT molecular complexity index is 82.1. The zero-order valence-corrected chi connectivity index (χ0v) is 5.70. The maximum absolute atomic E-state index is 5.14. The molecular weight excluding hydrogens is 126 g/mol. The van der Waals surface area contributed by atoms with Crippen molar-refractivity contribution < 1.29 is 9.47 Å². The van der Waals surface area contributed by atoms with Gasteiger partial charge in [-0.1, -0.05) is 12.2 Å². The van der Waals surface area contributed by atoms with Gasteiger partial charge in [-0.25, -0.2) is 0 Å². The summed E-state index contributed by atoms with van der Waals surface area (Å²) in [6.45, 7) is 0. The summed E-state index contributed by atoms with van der Waals surface area (Å²) in [4.78, 5) is 0.218. The highest BCUT2D eigenvalue weighted by molar-refractivity contribution is 7.80. The van der Waals surface area contributed by atoms with E-state index in [4.69, 9.17) is 5.73 Å². The van der Waals surface area contributed by atoms with E-state index in [1.807, 2.05) is 0 Å². The zero-order chi connectivity index (χ0) is 6.57. The lowest BCUT2D eigenvalue weighted by molar-refractivity contribution is -0.0509. The van der Waals surface area contributed by atoms with E-state index in [9.17, 15) is 0 Å². The van der Waals surface area contributed by atoms with E-state index >= 15 is 0 Å². The molecular formula is C4H9NO2S. The highest BCUT2D eigenvalue weighted by atomic mass is 32.1. The molecule has 0 radical (unpaired) electrons. The van der Waals surface area contributed by atoms with E-state index < -0.39 is 6.29 Å². The largest absolute Gasteiger partial charge is 0.389 e. The molecule has 0 saturated heterocycles. The standard InChI is InChI=1S/C4H9NO2S/c1-6-4(7-2)3(5)8/h4H,1-2H3,(H2,5,8). The molecule has 0 rings (SSSR count). The second-order valence-electron chi connectivity index (χ2n) is 1.21. The summed E-state index contributed by atoms with van der Waals surface area (Å²) in [5.41, 5.74) is 5.14. The lowest BCUT2D eigenvalue weighted by Crippen LogP contribution is -2.29. The molecule has 0 spiro atoms. The molecule has 48 valence electrons. The fourth-order valence-corrected chi connectivity index (χ4v) is 0.521. The van der Waals surface area contributed by atoms with Crippen LogP contribution in [0.25, 0.3) is 0 Å². The van der Waals surface area contributed by atoms with Crippen LogP contribution in [0.5, 0.6) is 0 Å². The van der Waals surface area contributed by atoms with Crippen LogP contribution >= 0.6 is 12.2 Å². The summed E-state index contributed by atoms with van der Waals surface area (Å²) in [6, 6.07) is 0. The van der Waals surface area contributed by atoms with Crippen molar-refractivity contribution in [3.8, 4) is 0 Å². The van der Waals surface area contributed by atoms with Crippen LogP contribution in [0.3, 0.4) is 0 Å². The molecule has 0 aromatic heterocycles. The van der Waals surface area contributed by atoms with Crippen molar-refractivity contribution in [1.29, 1.82) is 0 Å². The molecule has 2 N–H and O–H groups in total. The third-order valence-electron chi connectivity index (χ3n) is 0.660. The Morgan fingerprint density at radius 3 is 1.88 bits per heavy atom. The minimum absolute atomic E-state index is 0.218. The Kier molecular flexibility index (Phi) is 3.68. The van der Waals surface area contributed by atoms with Crippen molar-refractivity contribution >= 4 is 17.2 Å². The molecule has 0 unspecified atom stereocenters. The van der Waals surface area contributed by atoms with Gasteiger partial charge in [-0.05, 0) is 0 Å². The normalized spacial score (nSPS) is 9.88. The highest BCUT2D eigenvalue weighted by Gasteiger charge is 2.05. The number of rotatable bonds is 3. The first-order valence-electron chi connectivity index (χ1n) is 2.07. The van der Waals surface area contributed by atoms with Gasteiger partial charge in [-0.15, -0.1) is 0 Å². The van der Waals surface area contributed by atoms with Gasteiger partial charge >= 0.3 is 0 Å². The van der Waals surface area contributed by atoms with Gasteiger partial charge in [0.15, 0.2) is 0 Å². The summed E-state index contributed by atoms with van der Waals surface area (Å²) in [6.07, 6.45) is -0.537. The molecule has 0 bridgehead atoms. The first-order chi connectivity index (χ1) is 3.72. The van der Waals surface area contributed by atoms with Crippen LogP contribution in [0.2, 0.25) is 0 Å². The highest BCUT2D eigenvalue weighted by Crippen LogP contribution is 1.88. The molecule has 4 heteroatoms. The lowest BCUT2D eigenvalue weighted by atomic mass is 10.6. The molecule has 0 atom stereocenters. The van der Waals surface area contributed by atoms with Crippen molar-refractivity contribution in [2.24, 2.45) is 5.73 Å². The summed E-state index contributed by atoms with van der Waals surface area (Å²) < 4.78 is 9.34. The zero-order valence-electron chi connectivity index (χ0n) is 4.88. The quantitative estimate of drug-likeness (QED) is 0.433. The van der Waals surface area contributed by atoms with E-state index in [0.717, 1.165) is 0 Å². The number of methoxy groups -OCH3 is 2. The van der Waals surface area contributed by atoms with Crippen molar-refractivity contribution in [2.75, 3.05) is 14.2 Å². The van der Waals surface area contributed by atoms with Crippen LogP contribution in [0.1, 0.15) is 0 Å². The molecule has 0 heterocycles. The van der Waals surface area contributed by atoms with Crippen LogP contribution < -0.4 is 5.73 Å². The molecule has 0 aliphatic heterocycles. The smallest absolute Gasteiger partial charge is 0.208 e. The van der Waals surface area contributed by atoms with E-state index in [1.165, 1.54) is 14.2 Å². The van der Waals surface area contributed by atoms with E-state index in [-0.39, 0.29) is 4.99 Å². The average molecular weight is 135 g/mol. The first-order valence-corrected chi connectivity index (χ1v) is 2.48. The average Bonchev–Trinajstić information content (AvgIpc) is 1.69. The second kappa shape index (κ2) is 3.77. The molecule has 0 aromatic carbocycles. The minimum Gasteiger partial charge on any atom is -0.389 e. The number of ether oxygens (including phenoxy) is 2. The Labute approximate surface area is 53.8 Å². The molecule has 0 saturated carbocycles. The van der Waals surface area contributed by atoms with Gasteiger partial charge in [0.2, 0.25) is 6.29 Å². The summed E-state index contributed by atoms with van der Waals surface area (Å²) in [7, 11) is 2.96. The predicted octanol–water partition coefficient (Wildman–Crippen LogP) is -0.109. The summed E-state index contributed by atoms with van der Waals surface area (Å²) >= 11 is 4.54. The van der Waals surface area contributed by atoms with E-state index in [1.54, 1.807) is 0 Å². The van der Waals surface area contributed by atoms with E-state index in [2.05, 4.69) is 21.7 Å².